The fourth-order valence-corrected chi connectivity index (χ4v) is 3.74. The quantitative estimate of drug-likeness (QED) is 0.682. The molecule has 4 rings (SSSR count). The van der Waals surface area contributed by atoms with E-state index in [2.05, 4.69) is 5.32 Å². The average Bonchev–Trinajstić information content (AvgIpc) is 3.34. The van der Waals surface area contributed by atoms with Crippen molar-refractivity contribution in [3.63, 3.8) is 0 Å². The molecule has 0 aliphatic carbocycles. The summed E-state index contributed by atoms with van der Waals surface area (Å²) in [6, 6.07) is 17.2. The maximum absolute atomic E-state index is 12.8. The lowest BCUT2D eigenvalue weighted by atomic mass is 9.96. The molecular weight excluding hydrogens is 380 g/mol. The first kappa shape index (κ1) is 19.8. The number of carbonyl (C=O) groups is 2. The van der Waals surface area contributed by atoms with Crippen LogP contribution in [-0.2, 0) is 4.79 Å². The minimum atomic E-state index is -0.229. The number of likely N-dealkylation sites (tertiary alicyclic amines) is 1. The summed E-state index contributed by atoms with van der Waals surface area (Å²) < 4.78 is 10.3. The lowest BCUT2D eigenvalue weighted by molar-refractivity contribution is -0.121. The van der Waals surface area contributed by atoms with E-state index in [0.717, 1.165) is 35.4 Å². The van der Waals surface area contributed by atoms with Gasteiger partial charge in [0.05, 0.1) is 24.9 Å². The zero-order valence-corrected chi connectivity index (χ0v) is 16.8. The monoisotopic (exact) mass is 404 g/mol. The van der Waals surface area contributed by atoms with Crippen molar-refractivity contribution < 1.29 is 18.7 Å². The number of benzene rings is 2. The van der Waals surface area contributed by atoms with Gasteiger partial charge in [-0.05, 0) is 54.3 Å². The lowest BCUT2D eigenvalue weighted by Crippen LogP contribution is -2.43. The first-order valence-electron chi connectivity index (χ1n) is 10.0. The molecule has 30 heavy (non-hydrogen) atoms. The fraction of sp³-hybridized carbons (Fsp3) is 0.250. The topological polar surface area (TPSA) is 71.8 Å². The smallest absolute Gasteiger partial charge is 0.257 e. The Morgan fingerprint density at radius 1 is 1.10 bits per heavy atom. The number of nitrogens with one attached hydrogen (secondary N) is 1. The molecule has 0 bridgehead atoms. The molecule has 2 aromatic carbocycles. The number of piperidine rings is 1. The number of amides is 2. The van der Waals surface area contributed by atoms with Gasteiger partial charge in [-0.2, -0.15) is 0 Å². The molecule has 6 nitrogen and oxygen atoms in total. The molecule has 6 heteroatoms. The van der Waals surface area contributed by atoms with Crippen LogP contribution < -0.4 is 10.1 Å². The zero-order valence-electron chi connectivity index (χ0n) is 16.8. The Morgan fingerprint density at radius 2 is 1.93 bits per heavy atom. The van der Waals surface area contributed by atoms with E-state index in [1.807, 2.05) is 48.5 Å². The minimum absolute atomic E-state index is 0.0613. The van der Waals surface area contributed by atoms with Crippen molar-refractivity contribution >= 4 is 17.5 Å². The van der Waals surface area contributed by atoms with Crippen LogP contribution in [0.2, 0.25) is 0 Å². The van der Waals surface area contributed by atoms with Crippen LogP contribution in [0, 0.1) is 5.92 Å². The second-order valence-corrected chi connectivity index (χ2v) is 7.40. The van der Waals surface area contributed by atoms with E-state index >= 15 is 0 Å². The molecule has 3 aromatic rings. The van der Waals surface area contributed by atoms with E-state index in [4.69, 9.17) is 9.15 Å². The van der Waals surface area contributed by atoms with Crippen molar-refractivity contribution in [2.45, 2.75) is 12.8 Å². The number of nitrogens with zero attached hydrogens (tertiary/aromatic N) is 1. The molecule has 0 saturated carbocycles. The number of ether oxygens (including phenoxy) is 1. The summed E-state index contributed by atoms with van der Waals surface area (Å²) in [6.07, 6.45) is 4.49. The van der Waals surface area contributed by atoms with Gasteiger partial charge in [-0.15, -0.1) is 0 Å². The van der Waals surface area contributed by atoms with Gasteiger partial charge in [-0.25, -0.2) is 0 Å². The average molecular weight is 404 g/mol. The normalized spacial score (nSPS) is 16.2. The van der Waals surface area contributed by atoms with Crippen molar-refractivity contribution in [2.75, 3.05) is 25.5 Å². The van der Waals surface area contributed by atoms with Gasteiger partial charge in [0.2, 0.25) is 5.91 Å². The van der Waals surface area contributed by atoms with Gasteiger partial charge in [0, 0.05) is 18.8 Å². The van der Waals surface area contributed by atoms with Gasteiger partial charge in [0.25, 0.3) is 5.91 Å². The van der Waals surface area contributed by atoms with Gasteiger partial charge in [0.15, 0.2) is 0 Å². The van der Waals surface area contributed by atoms with Crippen LogP contribution in [0.5, 0.6) is 5.75 Å². The zero-order chi connectivity index (χ0) is 20.9. The number of carbonyl (C=O) groups excluding carboxylic acids is 2. The Bertz CT molecular complexity index is 1010. The third-order valence-electron chi connectivity index (χ3n) is 5.40. The molecule has 0 spiro atoms. The highest BCUT2D eigenvalue weighted by molar-refractivity contribution is 5.96. The maximum atomic E-state index is 12.8. The lowest BCUT2D eigenvalue weighted by Gasteiger charge is -2.31. The summed E-state index contributed by atoms with van der Waals surface area (Å²) in [5.74, 6) is 0.419. The number of hydrogen-bond acceptors (Lipinski definition) is 4. The Labute approximate surface area is 175 Å². The van der Waals surface area contributed by atoms with E-state index in [1.165, 1.54) is 12.5 Å². The molecular formula is C24H24N2O4. The summed E-state index contributed by atoms with van der Waals surface area (Å²) in [6.45, 7) is 1.07. The highest BCUT2D eigenvalue weighted by Crippen LogP contribution is 2.26. The van der Waals surface area contributed by atoms with Crippen LogP contribution in [0.3, 0.4) is 0 Å². The Hall–Kier alpha value is -3.54. The molecule has 0 unspecified atom stereocenters. The van der Waals surface area contributed by atoms with E-state index in [-0.39, 0.29) is 17.7 Å². The van der Waals surface area contributed by atoms with Gasteiger partial charge in [-0.3, -0.25) is 9.59 Å². The first-order valence-corrected chi connectivity index (χ1v) is 10.0. The van der Waals surface area contributed by atoms with Crippen LogP contribution in [0.4, 0.5) is 5.69 Å². The summed E-state index contributed by atoms with van der Waals surface area (Å²) in [5, 5.41) is 2.99. The van der Waals surface area contributed by atoms with Crippen molar-refractivity contribution in [3.8, 4) is 16.9 Å². The highest BCUT2D eigenvalue weighted by Gasteiger charge is 2.29. The predicted molar refractivity (Wildman–Crippen MR) is 114 cm³/mol. The molecule has 1 saturated heterocycles. The molecule has 1 N–H and O–H groups in total. The van der Waals surface area contributed by atoms with E-state index in [0.29, 0.717) is 18.7 Å². The molecule has 1 aromatic heterocycles. The molecule has 1 aliphatic rings. The molecule has 1 atom stereocenters. The van der Waals surface area contributed by atoms with Crippen molar-refractivity contribution in [1.29, 1.82) is 0 Å². The molecule has 2 heterocycles. The molecule has 0 radical (unpaired) electrons. The summed E-state index contributed by atoms with van der Waals surface area (Å²) in [5.41, 5.74) is 3.35. The van der Waals surface area contributed by atoms with Gasteiger partial charge < -0.3 is 19.4 Å². The summed E-state index contributed by atoms with van der Waals surface area (Å²) in [7, 11) is 1.65. The van der Waals surface area contributed by atoms with Crippen LogP contribution in [0.25, 0.3) is 11.1 Å². The maximum Gasteiger partial charge on any atom is 0.257 e. The standard InChI is InChI=1S/C24H24N2O4/c1-29-22-6-2-4-18(14-22)17-7-9-21(10-8-17)25-23(27)19-5-3-12-26(15-19)24(28)20-11-13-30-16-20/h2,4,6-11,13-14,16,19H,3,5,12,15H2,1H3,(H,25,27)/t19-/m1/s1. The second kappa shape index (κ2) is 8.86. The number of rotatable bonds is 5. The largest absolute Gasteiger partial charge is 0.497 e. The van der Waals surface area contributed by atoms with Crippen LogP contribution in [-0.4, -0.2) is 36.9 Å². The summed E-state index contributed by atoms with van der Waals surface area (Å²) >= 11 is 0. The van der Waals surface area contributed by atoms with Gasteiger partial charge >= 0.3 is 0 Å². The third kappa shape index (κ3) is 4.38. The summed E-state index contributed by atoms with van der Waals surface area (Å²) in [4.78, 5) is 27.0. The SMILES string of the molecule is COc1cccc(-c2ccc(NC(=O)[C@@H]3CCCN(C(=O)c4ccoc4)C3)cc2)c1. The van der Waals surface area contributed by atoms with Gasteiger partial charge in [0.1, 0.15) is 12.0 Å². The van der Waals surface area contributed by atoms with Crippen molar-refractivity contribution in [2.24, 2.45) is 5.92 Å². The Morgan fingerprint density at radius 3 is 2.67 bits per heavy atom. The molecule has 1 fully saturated rings. The second-order valence-electron chi connectivity index (χ2n) is 7.40. The number of anilines is 1. The number of furan rings is 1. The van der Waals surface area contributed by atoms with E-state index in [1.54, 1.807) is 18.1 Å². The molecule has 1 aliphatic heterocycles. The van der Waals surface area contributed by atoms with Crippen molar-refractivity contribution in [3.05, 3.63) is 72.7 Å². The van der Waals surface area contributed by atoms with Crippen LogP contribution in [0.15, 0.2) is 71.5 Å². The predicted octanol–water partition coefficient (Wildman–Crippen LogP) is 4.45. The van der Waals surface area contributed by atoms with E-state index < -0.39 is 0 Å². The third-order valence-corrected chi connectivity index (χ3v) is 5.40. The first-order chi connectivity index (χ1) is 14.6. The molecule has 154 valence electrons. The van der Waals surface area contributed by atoms with Gasteiger partial charge in [-0.1, -0.05) is 24.3 Å². The van der Waals surface area contributed by atoms with Crippen LogP contribution >= 0.6 is 0 Å². The number of hydrogen-bond donors (Lipinski definition) is 1. The van der Waals surface area contributed by atoms with Crippen molar-refractivity contribution in [1.82, 2.24) is 4.90 Å². The minimum Gasteiger partial charge on any atom is -0.497 e. The highest BCUT2D eigenvalue weighted by atomic mass is 16.5. The Balaban J connectivity index is 1.39. The fourth-order valence-electron chi connectivity index (χ4n) is 3.74. The number of methoxy groups -OCH3 is 1. The van der Waals surface area contributed by atoms with Crippen LogP contribution in [0.1, 0.15) is 23.2 Å². The molecule has 2 amide bonds. The Kier molecular flexibility index (Phi) is 5.84. The van der Waals surface area contributed by atoms with E-state index in [9.17, 15) is 9.59 Å².